The van der Waals surface area contributed by atoms with E-state index in [9.17, 15) is 4.79 Å². The number of carbonyl (C=O) groups excluding carboxylic acids is 1. The summed E-state index contributed by atoms with van der Waals surface area (Å²) in [5, 5.41) is 4.05. The average molecular weight is 330 g/mol. The molecule has 0 N–H and O–H groups in total. The van der Waals surface area contributed by atoms with Gasteiger partial charge < -0.3 is 9.80 Å². The van der Waals surface area contributed by atoms with E-state index in [-0.39, 0.29) is 5.91 Å². The fourth-order valence-electron chi connectivity index (χ4n) is 3.08. The van der Waals surface area contributed by atoms with Crippen molar-refractivity contribution in [3.63, 3.8) is 0 Å². The topological polar surface area (TPSA) is 49.3 Å². The molecular weight excluding hydrogens is 308 g/mol. The molecule has 0 unspecified atom stereocenters. The minimum absolute atomic E-state index is 0.0951. The van der Waals surface area contributed by atoms with Crippen LogP contribution in [0.2, 0.25) is 0 Å². The second-order valence-electron chi connectivity index (χ2n) is 5.87. The highest BCUT2D eigenvalue weighted by molar-refractivity contribution is 7.08. The zero-order valence-corrected chi connectivity index (χ0v) is 14.4. The lowest BCUT2D eigenvalue weighted by atomic mass is 10.0. The van der Waals surface area contributed by atoms with Gasteiger partial charge in [-0.25, -0.2) is 0 Å². The van der Waals surface area contributed by atoms with Crippen LogP contribution in [0.3, 0.4) is 0 Å². The van der Waals surface area contributed by atoms with Crippen molar-refractivity contribution < 1.29 is 4.79 Å². The number of benzene rings is 1. The number of nitrogens with zero attached hydrogens (tertiary/aromatic N) is 4. The molecule has 0 radical (unpaired) electrons. The van der Waals surface area contributed by atoms with E-state index in [0.717, 1.165) is 38.0 Å². The number of para-hydroxylation sites is 1. The summed E-state index contributed by atoms with van der Waals surface area (Å²) in [6.07, 6.45) is 2.74. The number of aryl methyl sites for hydroxylation is 1. The Labute approximate surface area is 141 Å². The fraction of sp³-hybridized carbons (Fsp3) is 0.471. The first-order chi connectivity index (χ1) is 11.2. The van der Waals surface area contributed by atoms with Gasteiger partial charge in [-0.15, -0.1) is 5.10 Å². The summed E-state index contributed by atoms with van der Waals surface area (Å²) >= 11 is 1.22. The van der Waals surface area contributed by atoms with Crippen molar-refractivity contribution in [2.45, 2.75) is 32.2 Å². The van der Waals surface area contributed by atoms with Gasteiger partial charge in [-0.1, -0.05) is 29.6 Å². The van der Waals surface area contributed by atoms with Crippen LogP contribution in [0.5, 0.6) is 0 Å². The third-order valence-corrected chi connectivity index (χ3v) is 5.30. The summed E-state index contributed by atoms with van der Waals surface area (Å²) in [5.41, 5.74) is 2.06. The molecular formula is C17H22N4OS. The van der Waals surface area contributed by atoms with Crippen LogP contribution >= 0.6 is 11.5 Å². The number of carbonyl (C=O) groups is 1. The highest BCUT2D eigenvalue weighted by Crippen LogP contribution is 2.23. The molecule has 5 nitrogen and oxygen atoms in total. The van der Waals surface area contributed by atoms with Crippen LogP contribution in [-0.4, -0.2) is 46.6 Å². The molecule has 122 valence electrons. The Bertz CT molecular complexity index is 650. The van der Waals surface area contributed by atoms with Gasteiger partial charge >= 0.3 is 0 Å². The number of anilines is 1. The first-order valence-electron chi connectivity index (χ1n) is 8.09. The van der Waals surface area contributed by atoms with Gasteiger partial charge in [0, 0.05) is 31.9 Å². The van der Waals surface area contributed by atoms with E-state index >= 15 is 0 Å². The van der Waals surface area contributed by atoms with Crippen molar-refractivity contribution in [1.29, 1.82) is 0 Å². The summed E-state index contributed by atoms with van der Waals surface area (Å²) in [6, 6.07) is 10.9. The molecule has 2 aromatic rings. The predicted octanol–water partition coefficient (Wildman–Crippen LogP) is 2.84. The predicted molar refractivity (Wildman–Crippen MR) is 93.1 cm³/mol. The van der Waals surface area contributed by atoms with Gasteiger partial charge in [-0.2, -0.15) is 0 Å². The van der Waals surface area contributed by atoms with Crippen molar-refractivity contribution in [2.24, 2.45) is 0 Å². The van der Waals surface area contributed by atoms with Gasteiger partial charge in [-0.05, 0) is 42.9 Å². The molecule has 0 aliphatic carbocycles. The molecule has 3 rings (SSSR count). The van der Waals surface area contributed by atoms with Crippen molar-refractivity contribution in [2.75, 3.05) is 25.0 Å². The number of piperidine rings is 1. The number of hydrogen-bond acceptors (Lipinski definition) is 5. The molecule has 1 amide bonds. The monoisotopic (exact) mass is 330 g/mol. The summed E-state index contributed by atoms with van der Waals surface area (Å²) in [7, 11) is 2.14. The van der Waals surface area contributed by atoms with Crippen LogP contribution < -0.4 is 4.90 Å². The summed E-state index contributed by atoms with van der Waals surface area (Å²) < 4.78 is 3.93. The largest absolute Gasteiger partial charge is 0.371 e. The van der Waals surface area contributed by atoms with Gasteiger partial charge in [0.2, 0.25) is 0 Å². The zero-order chi connectivity index (χ0) is 16.2. The maximum atomic E-state index is 12.6. The molecule has 0 saturated carbocycles. The Morgan fingerprint density at radius 2 is 2.00 bits per heavy atom. The van der Waals surface area contributed by atoms with E-state index in [1.165, 1.54) is 17.2 Å². The number of aromatic nitrogens is 2. The summed E-state index contributed by atoms with van der Waals surface area (Å²) in [5.74, 6) is 0.0951. The Kier molecular flexibility index (Phi) is 4.91. The maximum absolute atomic E-state index is 12.6. The zero-order valence-electron chi connectivity index (χ0n) is 13.6. The molecule has 2 heterocycles. The van der Waals surface area contributed by atoms with Gasteiger partial charge in [0.15, 0.2) is 0 Å². The quantitative estimate of drug-likeness (QED) is 0.865. The Morgan fingerprint density at radius 3 is 2.65 bits per heavy atom. The van der Waals surface area contributed by atoms with E-state index in [1.54, 1.807) is 0 Å². The molecule has 0 spiro atoms. The molecule has 0 atom stereocenters. The van der Waals surface area contributed by atoms with Crippen LogP contribution in [0, 0.1) is 0 Å². The normalized spacial score (nSPS) is 15.7. The van der Waals surface area contributed by atoms with Crippen LogP contribution in [-0.2, 0) is 6.42 Å². The fourth-order valence-corrected chi connectivity index (χ4v) is 3.79. The standard InChI is InChI=1S/C17H22N4OS/c1-3-15-16(23-19-18-15)17(22)21-11-9-14(10-12-21)20(2)13-7-5-4-6-8-13/h4-8,14H,3,9-12H2,1-2H3. The lowest BCUT2D eigenvalue weighted by Crippen LogP contribution is -2.45. The highest BCUT2D eigenvalue weighted by atomic mass is 32.1. The number of rotatable bonds is 4. The molecule has 6 heteroatoms. The molecule has 0 bridgehead atoms. The third kappa shape index (κ3) is 3.37. The van der Waals surface area contributed by atoms with Gasteiger partial charge in [0.05, 0.1) is 5.69 Å². The molecule has 1 saturated heterocycles. The average Bonchev–Trinajstić information content (AvgIpc) is 3.10. The number of likely N-dealkylation sites (tertiary alicyclic amines) is 1. The first-order valence-corrected chi connectivity index (χ1v) is 8.86. The molecule has 1 aromatic carbocycles. The number of hydrogen-bond donors (Lipinski definition) is 0. The highest BCUT2D eigenvalue weighted by Gasteiger charge is 2.28. The third-order valence-electron chi connectivity index (χ3n) is 4.55. The van der Waals surface area contributed by atoms with Crippen molar-refractivity contribution in [1.82, 2.24) is 14.5 Å². The van der Waals surface area contributed by atoms with Gasteiger partial charge in [0.1, 0.15) is 4.88 Å². The van der Waals surface area contributed by atoms with Crippen LogP contribution in [0.1, 0.15) is 35.1 Å². The Hall–Kier alpha value is -1.95. The lowest BCUT2D eigenvalue weighted by Gasteiger charge is -2.37. The van der Waals surface area contributed by atoms with Crippen LogP contribution in [0.4, 0.5) is 5.69 Å². The SMILES string of the molecule is CCc1nnsc1C(=O)N1CCC(N(C)c2ccccc2)CC1. The molecule has 23 heavy (non-hydrogen) atoms. The van der Waals surface area contributed by atoms with Crippen molar-refractivity contribution >= 4 is 23.1 Å². The smallest absolute Gasteiger partial charge is 0.267 e. The maximum Gasteiger partial charge on any atom is 0.267 e. The summed E-state index contributed by atoms with van der Waals surface area (Å²) in [6.45, 7) is 3.60. The van der Waals surface area contributed by atoms with Gasteiger partial charge in [-0.3, -0.25) is 4.79 Å². The van der Waals surface area contributed by atoms with Crippen molar-refractivity contribution in [3.8, 4) is 0 Å². The molecule has 1 aliphatic heterocycles. The molecule has 1 fully saturated rings. The molecule has 1 aliphatic rings. The van der Waals surface area contributed by atoms with Crippen LogP contribution in [0.15, 0.2) is 30.3 Å². The van der Waals surface area contributed by atoms with Gasteiger partial charge in [0.25, 0.3) is 5.91 Å². The number of amides is 1. The lowest BCUT2D eigenvalue weighted by molar-refractivity contribution is 0.0717. The van der Waals surface area contributed by atoms with E-state index in [1.807, 2.05) is 17.9 Å². The summed E-state index contributed by atoms with van der Waals surface area (Å²) in [4.78, 5) is 17.6. The Balaban J connectivity index is 1.61. The van der Waals surface area contributed by atoms with E-state index < -0.39 is 0 Å². The molecule has 1 aromatic heterocycles. The Morgan fingerprint density at radius 1 is 1.30 bits per heavy atom. The van der Waals surface area contributed by atoms with E-state index in [4.69, 9.17) is 0 Å². The minimum Gasteiger partial charge on any atom is -0.371 e. The second kappa shape index (κ2) is 7.08. The van der Waals surface area contributed by atoms with Crippen molar-refractivity contribution in [3.05, 3.63) is 40.9 Å². The van der Waals surface area contributed by atoms with Crippen LogP contribution in [0.25, 0.3) is 0 Å². The first kappa shape index (κ1) is 15.9. The second-order valence-corrected chi connectivity index (χ2v) is 6.63. The van der Waals surface area contributed by atoms with E-state index in [0.29, 0.717) is 10.9 Å². The van der Waals surface area contributed by atoms with E-state index in [2.05, 4.69) is 45.8 Å². The minimum atomic E-state index is 0.0951.